The zero-order valence-electron chi connectivity index (χ0n) is 10.1. The number of ether oxygens (including phenoxy) is 1. The van der Waals surface area contributed by atoms with Crippen molar-refractivity contribution in [2.75, 3.05) is 13.7 Å². The van der Waals surface area contributed by atoms with Crippen molar-refractivity contribution in [3.05, 3.63) is 46.2 Å². The molecule has 0 aliphatic carbocycles. The largest absolute Gasteiger partial charge is 0.383 e. The monoisotopic (exact) mass is 327 g/mol. The van der Waals surface area contributed by atoms with Crippen molar-refractivity contribution in [3.8, 4) is 0 Å². The zero-order chi connectivity index (χ0) is 13.8. The summed E-state index contributed by atoms with van der Waals surface area (Å²) in [6.45, 7) is 0.885. The molecule has 19 heavy (non-hydrogen) atoms. The summed E-state index contributed by atoms with van der Waals surface area (Å²) < 4.78 is 19.9. The number of hydrogen-bond donors (Lipinski definition) is 0. The van der Waals surface area contributed by atoms with Crippen molar-refractivity contribution in [1.82, 2.24) is 14.8 Å². The van der Waals surface area contributed by atoms with Gasteiger partial charge in [-0.25, -0.2) is 9.37 Å². The topological polar surface area (TPSA) is 57.0 Å². The molecule has 0 saturated carbocycles. The fourth-order valence-corrected chi connectivity index (χ4v) is 2.04. The van der Waals surface area contributed by atoms with Crippen molar-refractivity contribution in [1.29, 1.82) is 0 Å². The molecule has 0 unspecified atom stereocenters. The second kappa shape index (κ2) is 6.03. The molecule has 0 N–H and O–H groups in total. The maximum atomic E-state index is 12.8. The molecule has 2 rings (SSSR count). The van der Waals surface area contributed by atoms with Crippen LogP contribution >= 0.6 is 15.9 Å². The molecule has 0 aliphatic rings. The van der Waals surface area contributed by atoms with Gasteiger partial charge in [-0.15, -0.1) is 0 Å². The maximum absolute atomic E-state index is 12.8. The second-order valence-corrected chi connectivity index (χ2v) is 4.60. The van der Waals surface area contributed by atoms with Crippen molar-refractivity contribution >= 4 is 21.7 Å². The summed E-state index contributed by atoms with van der Waals surface area (Å²) in [4.78, 5) is 16.1. The molecule has 0 radical (unpaired) electrons. The van der Waals surface area contributed by atoms with Crippen LogP contribution in [0, 0.1) is 5.82 Å². The summed E-state index contributed by atoms with van der Waals surface area (Å²) in [6.07, 6.45) is 2.55. The molecule has 0 saturated heterocycles. The normalized spacial score (nSPS) is 10.7. The van der Waals surface area contributed by atoms with Gasteiger partial charge in [0, 0.05) is 7.11 Å². The van der Waals surface area contributed by atoms with Gasteiger partial charge in [-0.1, -0.05) is 0 Å². The van der Waals surface area contributed by atoms with E-state index in [9.17, 15) is 9.18 Å². The number of rotatable bonds is 5. The van der Waals surface area contributed by atoms with Gasteiger partial charge in [0.15, 0.2) is 0 Å². The number of halogens is 2. The van der Waals surface area contributed by atoms with Crippen LogP contribution in [-0.2, 0) is 11.3 Å². The Morgan fingerprint density at radius 3 is 2.89 bits per heavy atom. The highest BCUT2D eigenvalue weighted by molar-refractivity contribution is 9.10. The summed E-state index contributed by atoms with van der Waals surface area (Å²) >= 11 is 3.27. The first-order valence-electron chi connectivity index (χ1n) is 5.50. The van der Waals surface area contributed by atoms with Crippen LogP contribution in [0.4, 0.5) is 4.39 Å². The molecular weight excluding hydrogens is 317 g/mol. The van der Waals surface area contributed by atoms with Gasteiger partial charge < -0.3 is 4.74 Å². The average Bonchev–Trinajstić information content (AvgIpc) is 2.77. The van der Waals surface area contributed by atoms with Crippen molar-refractivity contribution in [2.24, 2.45) is 0 Å². The third kappa shape index (κ3) is 3.05. The summed E-state index contributed by atoms with van der Waals surface area (Å²) in [5, 5.41) is 4.08. The molecular formula is C12H11BrFN3O2. The minimum absolute atomic E-state index is 0.168. The van der Waals surface area contributed by atoms with Crippen molar-refractivity contribution in [2.45, 2.75) is 6.54 Å². The SMILES string of the molecule is COCCn1ncc(Br)c1C(=O)c1ccc(F)cn1. The van der Waals surface area contributed by atoms with Crippen molar-refractivity contribution < 1.29 is 13.9 Å². The van der Waals surface area contributed by atoms with Gasteiger partial charge in [0.25, 0.3) is 0 Å². The first kappa shape index (κ1) is 13.8. The fourth-order valence-electron chi connectivity index (χ4n) is 1.57. The Morgan fingerprint density at radius 2 is 2.26 bits per heavy atom. The second-order valence-electron chi connectivity index (χ2n) is 3.75. The Kier molecular flexibility index (Phi) is 4.39. The molecule has 0 aromatic carbocycles. The van der Waals surface area contributed by atoms with Crippen LogP contribution in [0.3, 0.4) is 0 Å². The first-order valence-corrected chi connectivity index (χ1v) is 6.29. The average molecular weight is 328 g/mol. The van der Waals surface area contributed by atoms with E-state index in [1.165, 1.54) is 23.0 Å². The highest BCUT2D eigenvalue weighted by Crippen LogP contribution is 2.19. The molecule has 7 heteroatoms. The number of carbonyl (C=O) groups is 1. The van der Waals surface area contributed by atoms with E-state index >= 15 is 0 Å². The highest BCUT2D eigenvalue weighted by Gasteiger charge is 2.19. The predicted octanol–water partition coefficient (Wildman–Crippen LogP) is 2.06. The fraction of sp³-hybridized carbons (Fsp3) is 0.250. The molecule has 0 aliphatic heterocycles. The van der Waals surface area contributed by atoms with Gasteiger partial charge in [0.2, 0.25) is 5.78 Å². The molecule has 2 aromatic heterocycles. The number of hydrogen-bond acceptors (Lipinski definition) is 4. The van der Waals surface area contributed by atoms with E-state index in [-0.39, 0.29) is 11.5 Å². The minimum Gasteiger partial charge on any atom is -0.383 e. The van der Waals surface area contributed by atoms with E-state index in [4.69, 9.17) is 4.74 Å². The Morgan fingerprint density at radius 1 is 1.47 bits per heavy atom. The third-order valence-corrected chi connectivity index (χ3v) is 3.06. The number of methoxy groups -OCH3 is 1. The minimum atomic E-state index is -0.483. The quantitative estimate of drug-likeness (QED) is 0.789. The van der Waals surface area contributed by atoms with E-state index in [2.05, 4.69) is 26.0 Å². The molecule has 0 bridgehead atoms. The van der Waals surface area contributed by atoms with E-state index in [0.29, 0.717) is 23.3 Å². The Bertz CT molecular complexity index is 583. The number of ketones is 1. The molecule has 100 valence electrons. The van der Waals surface area contributed by atoms with Gasteiger partial charge in [-0.3, -0.25) is 9.48 Å². The van der Waals surface area contributed by atoms with Gasteiger partial charge in [-0.2, -0.15) is 5.10 Å². The van der Waals surface area contributed by atoms with Crippen LogP contribution < -0.4 is 0 Å². The van der Waals surface area contributed by atoms with Crippen LogP contribution in [-0.4, -0.2) is 34.3 Å². The lowest BCUT2D eigenvalue weighted by atomic mass is 10.2. The number of pyridine rings is 1. The lowest BCUT2D eigenvalue weighted by Crippen LogP contribution is -2.15. The van der Waals surface area contributed by atoms with Crippen LogP contribution in [0.15, 0.2) is 29.0 Å². The van der Waals surface area contributed by atoms with E-state index in [1.54, 1.807) is 7.11 Å². The smallest absolute Gasteiger partial charge is 0.230 e. The maximum Gasteiger partial charge on any atom is 0.230 e. The molecule has 0 amide bonds. The summed E-state index contributed by atoms with van der Waals surface area (Å²) in [5.41, 5.74) is 0.539. The van der Waals surface area contributed by atoms with Gasteiger partial charge >= 0.3 is 0 Å². The molecule has 0 atom stereocenters. The molecule has 2 heterocycles. The van der Waals surface area contributed by atoms with Gasteiger partial charge in [0.1, 0.15) is 17.2 Å². The predicted molar refractivity (Wildman–Crippen MR) is 69.4 cm³/mol. The van der Waals surface area contributed by atoms with E-state index in [1.807, 2.05) is 0 Å². The van der Waals surface area contributed by atoms with Crippen LogP contribution in [0.2, 0.25) is 0 Å². The standard InChI is InChI=1S/C12H11BrFN3O2/c1-19-5-4-17-11(9(13)7-16-17)12(18)10-3-2-8(14)6-15-10/h2-3,6-7H,4-5H2,1H3. The van der Waals surface area contributed by atoms with Crippen LogP contribution in [0.25, 0.3) is 0 Å². The number of nitrogens with zero attached hydrogens (tertiary/aromatic N) is 3. The van der Waals surface area contributed by atoms with Gasteiger partial charge in [0.05, 0.1) is 30.0 Å². The zero-order valence-corrected chi connectivity index (χ0v) is 11.7. The number of aromatic nitrogens is 3. The third-order valence-electron chi connectivity index (χ3n) is 2.48. The molecule has 0 spiro atoms. The van der Waals surface area contributed by atoms with E-state index in [0.717, 1.165) is 6.20 Å². The van der Waals surface area contributed by atoms with Gasteiger partial charge in [-0.05, 0) is 28.1 Å². The highest BCUT2D eigenvalue weighted by atomic mass is 79.9. The lowest BCUT2D eigenvalue weighted by Gasteiger charge is -2.06. The Hall–Kier alpha value is -1.60. The van der Waals surface area contributed by atoms with E-state index < -0.39 is 5.82 Å². The molecule has 2 aromatic rings. The Balaban J connectivity index is 2.32. The summed E-state index contributed by atoms with van der Waals surface area (Å²) in [5.74, 6) is -0.802. The van der Waals surface area contributed by atoms with Crippen LogP contribution in [0.5, 0.6) is 0 Å². The summed E-state index contributed by atoms with van der Waals surface area (Å²) in [7, 11) is 1.57. The summed E-state index contributed by atoms with van der Waals surface area (Å²) in [6, 6.07) is 2.54. The van der Waals surface area contributed by atoms with Crippen LogP contribution in [0.1, 0.15) is 16.2 Å². The van der Waals surface area contributed by atoms with Crippen molar-refractivity contribution in [3.63, 3.8) is 0 Å². The molecule has 5 nitrogen and oxygen atoms in total. The number of carbonyl (C=O) groups excluding carboxylic acids is 1. The molecule has 0 fully saturated rings. The lowest BCUT2D eigenvalue weighted by molar-refractivity contribution is 0.102. The Labute approximate surface area is 117 Å². The first-order chi connectivity index (χ1) is 9.13.